The van der Waals surface area contributed by atoms with Crippen LogP contribution in [0.5, 0.6) is 0 Å². The molecule has 84 valence electrons. The lowest BCUT2D eigenvalue weighted by atomic mass is 9.97. The standard InChI is InChI=1S/C15H10F2/c1-3-11-5-4-10(2)8-13(11)14-9-12(16)6-7-15(14)17/h1,4-9H,2H3. The Kier molecular flexibility index (Phi) is 2.93. The maximum absolute atomic E-state index is 13.7. The van der Waals surface area contributed by atoms with Crippen molar-refractivity contribution in [2.75, 3.05) is 0 Å². The van der Waals surface area contributed by atoms with E-state index >= 15 is 0 Å². The van der Waals surface area contributed by atoms with Crippen LogP contribution in [0.2, 0.25) is 0 Å². The van der Waals surface area contributed by atoms with E-state index in [0.717, 1.165) is 23.8 Å². The minimum Gasteiger partial charge on any atom is -0.207 e. The molecule has 2 heteroatoms. The number of halogens is 2. The Hall–Kier alpha value is -2.14. The third-order valence-electron chi connectivity index (χ3n) is 2.55. The van der Waals surface area contributed by atoms with Gasteiger partial charge < -0.3 is 0 Å². The first kappa shape index (κ1) is 11.3. The molecule has 2 aromatic rings. The second kappa shape index (κ2) is 4.39. The predicted molar refractivity (Wildman–Crippen MR) is 64.5 cm³/mol. The van der Waals surface area contributed by atoms with Crippen molar-refractivity contribution in [3.05, 3.63) is 59.2 Å². The van der Waals surface area contributed by atoms with E-state index in [1.807, 2.05) is 13.0 Å². The Morgan fingerprint density at radius 1 is 1.00 bits per heavy atom. The SMILES string of the molecule is C#Cc1ccc(C)cc1-c1cc(F)ccc1F. The fourth-order valence-corrected chi connectivity index (χ4v) is 1.71. The van der Waals surface area contributed by atoms with E-state index in [4.69, 9.17) is 6.42 Å². The lowest BCUT2D eigenvalue weighted by Gasteiger charge is -2.08. The van der Waals surface area contributed by atoms with E-state index in [2.05, 4.69) is 5.92 Å². The third-order valence-corrected chi connectivity index (χ3v) is 2.55. The van der Waals surface area contributed by atoms with Crippen LogP contribution in [0.3, 0.4) is 0 Å². The summed E-state index contributed by atoms with van der Waals surface area (Å²) < 4.78 is 26.8. The fraction of sp³-hybridized carbons (Fsp3) is 0.0667. The van der Waals surface area contributed by atoms with Crippen molar-refractivity contribution in [2.45, 2.75) is 6.92 Å². The van der Waals surface area contributed by atoms with Crippen molar-refractivity contribution in [3.63, 3.8) is 0 Å². The molecule has 0 saturated heterocycles. The first-order valence-corrected chi connectivity index (χ1v) is 5.14. The van der Waals surface area contributed by atoms with Gasteiger partial charge in [-0.3, -0.25) is 0 Å². The van der Waals surface area contributed by atoms with Gasteiger partial charge in [0.15, 0.2) is 0 Å². The first-order valence-electron chi connectivity index (χ1n) is 5.14. The molecule has 0 spiro atoms. The molecule has 0 bridgehead atoms. The molecule has 0 radical (unpaired) electrons. The fourth-order valence-electron chi connectivity index (χ4n) is 1.71. The van der Waals surface area contributed by atoms with Gasteiger partial charge in [-0.25, -0.2) is 8.78 Å². The summed E-state index contributed by atoms with van der Waals surface area (Å²) in [7, 11) is 0. The van der Waals surface area contributed by atoms with Crippen molar-refractivity contribution in [1.29, 1.82) is 0 Å². The molecule has 0 fully saturated rings. The van der Waals surface area contributed by atoms with E-state index in [1.54, 1.807) is 12.1 Å². The molecule has 17 heavy (non-hydrogen) atoms. The van der Waals surface area contributed by atoms with E-state index in [1.165, 1.54) is 0 Å². The summed E-state index contributed by atoms with van der Waals surface area (Å²) >= 11 is 0. The molecule has 0 aliphatic heterocycles. The molecular weight excluding hydrogens is 218 g/mol. The smallest absolute Gasteiger partial charge is 0.131 e. The van der Waals surface area contributed by atoms with Gasteiger partial charge >= 0.3 is 0 Å². The molecule has 0 amide bonds. The summed E-state index contributed by atoms with van der Waals surface area (Å²) in [5.41, 5.74) is 2.24. The Morgan fingerprint density at radius 3 is 2.47 bits per heavy atom. The number of hydrogen-bond acceptors (Lipinski definition) is 0. The van der Waals surface area contributed by atoms with Crippen LogP contribution in [0, 0.1) is 30.9 Å². The predicted octanol–water partition coefficient (Wildman–Crippen LogP) is 3.92. The summed E-state index contributed by atoms with van der Waals surface area (Å²) in [5, 5.41) is 0. The van der Waals surface area contributed by atoms with E-state index in [9.17, 15) is 8.78 Å². The average molecular weight is 228 g/mol. The first-order chi connectivity index (χ1) is 8.11. The van der Waals surface area contributed by atoms with Crippen molar-refractivity contribution < 1.29 is 8.78 Å². The van der Waals surface area contributed by atoms with Gasteiger partial charge in [0, 0.05) is 16.7 Å². The molecule has 0 atom stereocenters. The second-order valence-electron chi connectivity index (χ2n) is 3.82. The van der Waals surface area contributed by atoms with Crippen LogP contribution in [0.25, 0.3) is 11.1 Å². The molecule has 0 aliphatic rings. The maximum atomic E-state index is 13.7. The van der Waals surface area contributed by atoms with Gasteiger partial charge in [0.1, 0.15) is 11.6 Å². The normalized spacial score (nSPS) is 10.0. The monoisotopic (exact) mass is 228 g/mol. The number of benzene rings is 2. The largest absolute Gasteiger partial charge is 0.207 e. The van der Waals surface area contributed by atoms with Crippen LogP contribution in [0.1, 0.15) is 11.1 Å². The molecule has 2 aromatic carbocycles. The minimum atomic E-state index is -0.481. The Bertz CT molecular complexity index is 607. The third kappa shape index (κ3) is 2.19. The van der Waals surface area contributed by atoms with Crippen LogP contribution in [-0.2, 0) is 0 Å². The molecule has 0 aliphatic carbocycles. The summed E-state index contributed by atoms with van der Waals surface area (Å²) in [5.74, 6) is 1.52. The van der Waals surface area contributed by atoms with Gasteiger partial charge in [-0.05, 0) is 31.2 Å². The Morgan fingerprint density at radius 2 is 1.76 bits per heavy atom. The molecule has 0 heterocycles. The highest BCUT2D eigenvalue weighted by Gasteiger charge is 2.10. The second-order valence-corrected chi connectivity index (χ2v) is 3.82. The van der Waals surface area contributed by atoms with E-state index in [0.29, 0.717) is 11.1 Å². The van der Waals surface area contributed by atoms with Crippen LogP contribution < -0.4 is 0 Å². The van der Waals surface area contributed by atoms with E-state index in [-0.39, 0.29) is 5.56 Å². The quantitative estimate of drug-likeness (QED) is 0.649. The van der Waals surface area contributed by atoms with Gasteiger partial charge in [-0.2, -0.15) is 0 Å². The van der Waals surface area contributed by atoms with Crippen molar-refractivity contribution in [3.8, 4) is 23.5 Å². The van der Waals surface area contributed by atoms with Gasteiger partial charge in [0.2, 0.25) is 0 Å². The highest BCUT2D eigenvalue weighted by atomic mass is 19.1. The van der Waals surface area contributed by atoms with Crippen LogP contribution in [-0.4, -0.2) is 0 Å². The minimum absolute atomic E-state index is 0.196. The van der Waals surface area contributed by atoms with Crippen LogP contribution in [0.15, 0.2) is 36.4 Å². The highest BCUT2D eigenvalue weighted by Crippen LogP contribution is 2.27. The number of terminal acetylenes is 1. The average Bonchev–Trinajstić information content (AvgIpc) is 2.32. The summed E-state index contributed by atoms with van der Waals surface area (Å²) in [6, 6.07) is 8.68. The van der Waals surface area contributed by atoms with Gasteiger partial charge in [-0.1, -0.05) is 23.6 Å². The summed E-state index contributed by atoms with van der Waals surface area (Å²) in [4.78, 5) is 0. The Labute approximate surface area is 98.9 Å². The van der Waals surface area contributed by atoms with Crippen molar-refractivity contribution in [2.24, 2.45) is 0 Å². The van der Waals surface area contributed by atoms with Gasteiger partial charge in [-0.15, -0.1) is 6.42 Å². The van der Waals surface area contributed by atoms with Gasteiger partial charge in [0.25, 0.3) is 0 Å². The maximum Gasteiger partial charge on any atom is 0.131 e. The molecule has 2 rings (SSSR count). The molecule has 0 nitrogen and oxygen atoms in total. The molecule has 0 saturated carbocycles. The molecular formula is C15H10F2. The van der Waals surface area contributed by atoms with E-state index < -0.39 is 11.6 Å². The highest BCUT2D eigenvalue weighted by molar-refractivity contribution is 5.72. The van der Waals surface area contributed by atoms with Crippen LogP contribution in [0.4, 0.5) is 8.78 Å². The lowest BCUT2D eigenvalue weighted by Crippen LogP contribution is -1.91. The van der Waals surface area contributed by atoms with Crippen molar-refractivity contribution >= 4 is 0 Å². The zero-order valence-corrected chi connectivity index (χ0v) is 9.30. The molecule has 0 aromatic heterocycles. The number of rotatable bonds is 1. The summed E-state index contributed by atoms with van der Waals surface area (Å²) in [6.45, 7) is 1.88. The van der Waals surface area contributed by atoms with Crippen LogP contribution >= 0.6 is 0 Å². The van der Waals surface area contributed by atoms with Gasteiger partial charge in [0.05, 0.1) is 0 Å². The molecule has 0 N–H and O–H groups in total. The number of aryl methyl sites for hydroxylation is 1. The topological polar surface area (TPSA) is 0 Å². The number of hydrogen-bond donors (Lipinski definition) is 0. The zero-order chi connectivity index (χ0) is 12.4. The zero-order valence-electron chi connectivity index (χ0n) is 9.30. The molecule has 0 unspecified atom stereocenters. The van der Waals surface area contributed by atoms with Crippen molar-refractivity contribution in [1.82, 2.24) is 0 Å². The Balaban J connectivity index is 2.72. The summed E-state index contributed by atoms with van der Waals surface area (Å²) in [6.07, 6.45) is 5.36. The lowest BCUT2D eigenvalue weighted by molar-refractivity contribution is 0.603.